The van der Waals surface area contributed by atoms with Crippen LogP contribution in [0.1, 0.15) is 5.56 Å². The van der Waals surface area contributed by atoms with E-state index in [0.717, 1.165) is 29.5 Å². The van der Waals surface area contributed by atoms with Gasteiger partial charge in [-0.05, 0) is 30.3 Å². The lowest BCUT2D eigenvalue weighted by Gasteiger charge is -2.13. The van der Waals surface area contributed by atoms with Gasteiger partial charge >= 0.3 is 6.18 Å². The summed E-state index contributed by atoms with van der Waals surface area (Å²) in [5.74, 6) is -0.386. The molecule has 2 aromatic carbocycles. The largest absolute Gasteiger partial charge is 0.495 e. The first kappa shape index (κ1) is 20.7. The zero-order chi connectivity index (χ0) is 20.9. The van der Waals surface area contributed by atoms with Gasteiger partial charge in [-0.2, -0.15) is 13.2 Å². The molecule has 0 unspecified atom stereocenters. The standard InChI is InChI=1S/C20H16F3N3O2S/c1-28-17-9-7-14(20(21,22)23)11-16(17)24-18(27)12-29-19-10-8-15(25-26-19)13-5-3-2-4-6-13/h2-11H,12H2,1H3,(H,24,27). The summed E-state index contributed by atoms with van der Waals surface area (Å²) < 4.78 is 43.7. The van der Waals surface area contributed by atoms with Crippen LogP contribution in [0.25, 0.3) is 11.3 Å². The highest BCUT2D eigenvalue weighted by molar-refractivity contribution is 7.99. The second kappa shape index (κ2) is 8.95. The van der Waals surface area contributed by atoms with Crippen molar-refractivity contribution in [1.82, 2.24) is 10.2 Å². The molecule has 0 fully saturated rings. The van der Waals surface area contributed by atoms with E-state index in [4.69, 9.17) is 4.74 Å². The van der Waals surface area contributed by atoms with Gasteiger partial charge in [-0.25, -0.2) is 0 Å². The number of halogens is 3. The first-order chi connectivity index (χ1) is 13.9. The Balaban J connectivity index is 1.63. The van der Waals surface area contributed by atoms with Crippen LogP contribution in [-0.2, 0) is 11.0 Å². The Kier molecular flexibility index (Phi) is 6.38. The summed E-state index contributed by atoms with van der Waals surface area (Å²) in [5, 5.41) is 11.2. The van der Waals surface area contributed by atoms with Gasteiger partial charge in [-0.1, -0.05) is 42.1 Å². The lowest BCUT2D eigenvalue weighted by Crippen LogP contribution is -2.16. The number of hydrogen-bond donors (Lipinski definition) is 1. The van der Waals surface area contributed by atoms with Crippen molar-refractivity contribution >= 4 is 23.4 Å². The van der Waals surface area contributed by atoms with Crippen molar-refractivity contribution in [2.24, 2.45) is 0 Å². The highest BCUT2D eigenvalue weighted by Crippen LogP contribution is 2.35. The fraction of sp³-hybridized carbons (Fsp3) is 0.150. The molecule has 0 saturated carbocycles. The van der Waals surface area contributed by atoms with Crippen molar-refractivity contribution in [2.75, 3.05) is 18.2 Å². The van der Waals surface area contributed by atoms with Crippen molar-refractivity contribution in [3.63, 3.8) is 0 Å². The molecule has 0 spiro atoms. The minimum absolute atomic E-state index is 0.0429. The van der Waals surface area contributed by atoms with Crippen LogP contribution in [0.4, 0.5) is 18.9 Å². The number of amides is 1. The number of ether oxygens (including phenoxy) is 1. The van der Waals surface area contributed by atoms with Gasteiger partial charge in [0.25, 0.3) is 0 Å². The molecule has 0 aliphatic rings. The maximum absolute atomic E-state index is 12.9. The van der Waals surface area contributed by atoms with E-state index >= 15 is 0 Å². The van der Waals surface area contributed by atoms with E-state index in [9.17, 15) is 18.0 Å². The van der Waals surface area contributed by atoms with Gasteiger partial charge in [0.2, 0.25) is 5.91 Å². The van der Waals surface area contributed by atoms with E-state index in [1.807, 2.05) is 30.3 Å². The zero-order valence-electron chi connectivity index (χ0n) is 15.2. The van der Waals surface area contributed by atoms with E-state index in [2.05, 4.69) is 15.5 Å². The summed E-state index contributed by atoms with van der Waals surface area (Å²) in [4.78, 5) is 12.2. The normalized spacial score (nSPS) is 11.2. The van der Waals surface area contributed by atoms with Crippen molar-refractivity contribution in [3.8, 4) is 17.0 Å². The fourth-order valence-electron chi connectivity index (χ4n) is 2.47. The molecule has 0 bridgehead atoms. The third-order valence-corrected chi connectivity index (χ3v) is 4.78. The fourth-order valence-corrected chi connectivity index (χ4v) is 3.08. The molecule has 0 atom stereocenters. The predicted molar refractivity (Wildman–Crippen MR) is 105 cm³/mol. The van der Waals surface area contributed by atoms with E-state index in [0.29, 0.717) is 10.7 Å². The third kappa shape index (κ3) is 5.47. The second-order valence-electron chi connectivity index (χ2n) is 5.87. The lowest BCUT2D eigenvalue weighted by molar-refractivity contribution is -0.137. The first-order valence-electron chi connectivity index (χ1n) is 8.44. The van der Waals surface area contributed by atoms with Crippen LogP contribution in [0.5, 0.6) is 5.75 Å². The number of alkyl halides is 3. The number of benzene rings is 2. The SMILES string of the molecule is COc1ccc(C(F)(F)F)cc1NC(=O)CSc1ccc(-c2ccccc2)nn1. The van der Waals surface area contributed by atoms with Crippen molar-refractivity contribution in [3.05, 3.63) is 66.2 Å². The molecule has 3 rings (SSSR count). The van der Waals surface area contributed by atoms with Gasteiger partial charge in [0.1, 0.15) is 10.8 Å². The molecule has 1 N–H and O–H groups in total. The van der Waals surface area contributed by atoms with Gasteiger partial charge in [0, 0.05) is 5.56 Å². The number of carbonyl (C=O) groups excluding carboxylic acids is 1. The molecule has 29 heavy (non-hydrogen) atoms. The molecular formula is C20H16F3N3O2S. The Morgan fingerprint density at radius 1 is 1.07 bits per heavy atom. The van der Waals surface area contributed by atoms with Crippen LogP contribution >= 0.6 is 11.8 Å². The summed E-state index contributed by atoms with van der Waals surface area (Å²) in [5.41, 5.74) is 0.709. The van der Waals surface area contributed by atoms with E-state index in [1.165, 1.54) is 13.2 Å². The van der Waals surface area contributed by atoms with Crippen molar-refractivity contribution in [1.29, 1.82) is 0 Å². The number of hydrogen-bond acceptors (Lipinski definition) is 5. The number of anilines is 1. The maximum Gasteiger partial charge on any atom is 0.416 e. The van der Waals surface area contributed by atoms with E-state index < -0.39 is 17.6 Å². The zero-order valence-corrected chi connectivity index (χ0v) is 16.1. The maximum atomic E-state index is 12.9. The molecule has 5 nitrogen and oxygen atoms in total. The summed E-state index contributed by atoms with van der Waals surface area (Å²) in [6, 6.07) is 15.9. The molecule has 0 aliphatic heterocycles. The van der Waals surface area contributed by atoms with Gasteiger partial charge in [-0.15, -0.1) is 10.2 Å². The highest BCUT2D eigenvalue weighted by Gasteiger charge is 2.31. The van der Waals surface area contributed by atoms with Crippen LogP contribution in [0, 0.1) is 0 Å². The number of nitrogens with zero attached hydrogens (tertiary/aromatic N) is 2. The monoisotopic (exact) mass is 419 g/mol. The van der Waals surface area contributed by atoms with E-state index in [1.54, 1.807) is 12.1 Å². The topological polar surface area (TPSA) is 64.1 Å². The molecule has 9 heteroatoms. The minimum atomic E-state index is -4.52. The molecule has 3 aromatic rings. The molecule has 0 aliphatic carbocycles. The predicted octanol–water partition coefficient (Wildman–Crippen LogP) is 4.90. The summed E-state index contributed by atoms with van der Waals surface area (Å²) in [6.07, 6.45) is -4.52. The van der Waals surface area contributed by atoms with Crippen LogP contribution in [-0.4, -0.2) is 29.0 Å². The average molecular weight is 419 g/mol. The Labute approximate surface area is 169 Å². The van der Waals surface area contributed by atoms with Gasteiger partial charge in [0.05, 0.1) is 29.8 Å². The summed E-state index contributed by atoms with van der Waals surface area (Å²) in [7, 11) is 1.32. The number of methoxy groups -OCH3 is 1. The Morgan fingerprint density at radius 2 is 1.83 bits per heavy atom. The lowest BCUT2D eigenvalue weighted by atomic mass is 10.1. The number of aromatic nitrogens is 2. The number of thioether (sulfide) groups is 1. The summed E-state index contributed by atoms with van der Waals surface area (Å²) in [6.45, 7) is 0. The molecule has 1 aromatic heterocycles. The Bertz CT molecular complexity index is 981. The smallest absolute Gasteiger partial charge is 0.416 e. The number of carbonyl (C=O) groups is 1. The molecular weight excluding hydrogens is 403 g/mol. The van der Waals surface area contributed by atoms with Crippen molar-refractivity contribution in [2.45, 2.75) is 11.2 Å². The Hall–Kier alpha value is -3.07. The van der Waals surface area contributed by atoms with Crippen molar-refractivity contribution < 1.29 is 22.7 Å². The number of rotatable bonds is 6. The molecule has 150 valence electrons. The van der Waals surface area contributed by atoms with Gasteiger partial charge in [0.15, 0.2) is 0 Å². The third-order valence-electron chi connectivity index (χ3n) is 3.86. The quantitative estimate of drug-likeness (QED) is 0.576. The highest BCUT2D eigenvalue weighted by atomic mass is 32.2. The van der Waals surface area contributed by atoms with Crippen LogP contribution in [0.2, 0.25) is 0 Å². The van der Waals surface area contributed by atoms with Gasteiger partial charge < -0.3 is 10.1 Å². The average Bonchev–Trinajstić information content (AvgIpc) is 2.72. The van der Waals surface area contributed by atoms with Crippen LogP contribution < -0.4 is 10.1 Å². The summed E-state index contributed by atoms with van der Waals surface area (Å²) >= 11 is 1.13. The molecule has 1 amide bonds. The number of nitrogens with one attached hydrogen (secondary N) is 1. The Morgan fingerprint density at radius 3 is 2.45 bits per heavy atom. The van der Waals surface area contributed by atoms with E-state index in [-0.39, 0.29) is 17.2 Å². The minimum Gasteiger partial charge on any atom is -0.495 e. The van der Waals surface area contributed by atoms with Crippen LogP contribution in [0.3, 0.4) is 0 Å². The molecule has 0 radical (unpaired) electrons. The van der Waals surface area contributed by atoms with Gasteiger partial charge in [-0.3, -0.25) is 4.79 Å². The second-order valence-corrected chi connectivity index (χ2v) is 6.87. The molecule has 0 saturated heterocycles. The molecule has 1 heterocycles. The first-order valence-corrected chi connectivity index (χ1v) is 9.42. The van der Waals surface area contributed by atoms with Crippen LogP contribution in [0.15, 0.2) is 65.7 Å².